The zero-order valence-corrected chi connectivity index (χ0v) is 18.3. The molecule has 30 heavy (non-hydrogen) atoms. The molecule has 0 fully saturated rings. The van der Waals surface area contributed by atoms with Crippen LogP contribution in [0.2, 0.25) is 0 Å². The van der Waals surface area contributed by atoms with Crippen molar-refractivity contribution >= 4 is 11.8 Å². The average molecular weight is 418 g/mol. The zero-order chi connectivity index (χ0) is 22.3. The second kappa shape index (κ2) is 10.6. The summed E-state index contributed by atoms with van der Waals surface area (Å²) in [4.78, 5) is 27.1. The third kappa shape index (κ3) is 5.96. The van der Waals surface area contributed by atoms with Gasteiger partial charge in [-0.05, 0) is 32.1 Å². The molecule has 1 aromatic carbocycles. The van der Waals surface area contributed by atoms with Crippen LogP contribution in [0.1, 0.15) is 24.3 Å². The lowest BCUT2D eigenvalue weighted by molar-refractivity contribution is -0.123. The third-order valence-electron chi connectivity index (χ3n) is 4.51. The van der Waals surface area contributed by atoms with Crippen molar-refractivity contribution in [3.63, 3.8) is 0 Å². The Kier molecular flexibility index (Phi) is 8.23. The minimum absolute atomic E-state index is 0.0783. The monoisotopic (exact) mass is 418 g/mol. The Labute approximate surface area is 176 Å². The van der Waals surface area contributed by atoms with E-state index in [0.717, 1.165) is 0 Å². The van der Waals surface area contributed by atoms with Gasteiger partial charge in [-0.3, -0.25) is 9.59 Å². The topological polar surface area (TPSA) is 106 Å². The maximum Gasteiger partial charge on any atom is 0.274 e. The van der Waals surface area contributed by atoms with Crippen LogP contribution in [0, 0.1) is 5.92 Å². The van der Waals surface area contributed by atoms with Gasteiger partial charge in [0.1, 0.15) is 17.5 Å². The van der Waals surface area contributed by atoms with Gasteiger partial charge < -0.3 is 29.5 Å². The van der Waals surface area contributed by atoms with Gasteiger partial charge in [0.2, 0.25) is 5.91 Å². The van der Waals surface area contributed by atoms with E-state index in [0.29, 0.717) is 35.9 Å². The highest BCUT2D eigenvalue weighted by molar-refractivity contribution is 5.96. The smallest absolute Gasteiger partial charge is 0.274 e. The fraction of sp³-hybridized carbons (Fsp3) is 0.476. The maximum atomic E-state index is 12.7. The van der Waals surface area contributed by atoms with Crippen LogP contribution in [0.15, 0.2) is 28.8 Å². The van der Waals surface area contributed by atoms with E-state index in [9.17, 15) is 9.59 Å². The molecule has 0 aliphatic rings. The van der Waals surface area contributed by atoms with E-state index in [1.54, 1.807) is 25.3 Å². The molecule has 0 saturated carbocycles. The van der Waals surface area contributed by atoms with Crippen LogP contribution < -0.4 is 20.1 Å². The minimum atomic E-state index is -0.685. The number of likely N-dealkylation sites (N-methyl/N-ethyl adjacent to an activating group) is 1. The lowest BCUT2D eigenvalue weighted by Crippen LogP contribution is -2.50. The molecular weight excluding hydrogens is 388 g/mol. The summed E-state index contributed by atoms with van der Waals surface area (Å²) in [6.07, 6.45) is 0. The predicted molar refractivity (Wildman–Crippen MR) is 113 cm³/mol. The largest absolute Gasteiger partial charge is 0.497 e. The second-order valence-electron chi connectivity index (χ2n) is 7.43. The number of methoxy groups -OCH3 is 2. The van der Waals surface area contributed by atoms with Crippen molar-refractivity contribution in [2.24, 2.45) is 5.92 Å². The van der Waals surface area contributed by atoms with Gasteiger partial charge in [-0.2, -0.15) is 0 Å². The average Bonchev–Trinajstić information content (AvgIpc) is 3.20. The van der Waals surface area contributed by atoms with E-state index in [1.165, 1.54) is 13.2 Å². The SMILES string of the molecule is COc1ccc(-c2cc(C(=O)NC(C(=O)NCCN(C)C)C(C)C)no2)c(OC)c1. The molecule has 2 amide bonds. The zero-order valence-electron chi connectivity index (χ0n) is 18.3. The molecule has 0 spiro atoms. The van der Waals surface area contributed by atoms with Crippen molar-refractivity contribution in [1.29, 1.82) is 0 Å². The van der Waals surface area contributed by atoms with Gasteiger partial charge in [0.05, 0.1) is 19.8 Å². The fourth-order valence-corrected chi connectivity index (χ4v) is 2.77. The normalized spacial score (nSPS) is 12.0. The van der Waals surface area contributed by atoms with Gasteiger partial charge in [-0.25, -0.2) is 0 Å². The number of nitrogens with one attached hydrogen (secondary N) is 2. The Morgan fingerprint density at radius 2 is 1.90 bits per heavy atom. The van der Waals surface area contributed by atoms with Crippen molar-refractivity contribution in [3.8, 4) is 22.8 Å². The first-order valence-corrected chi connectivity index (χ1v) is 9.69. The molecule has 1 heterocycles. The molecule has 0 bridgehead atoms. The van der Waals surface area contributed by atoms with Crippen LogP contribution in [-0.4, -0.2) is 69.3 Å². The molecule has 164 valence electrons. The molecule has 1 atom stereocenters. The number of aromatic nitrogens is 1. The number of benzene rings is 1. The number of rotatable bonds is 10. The summed E-state index contributed by atoms with van der Waals surface area (Å²) in [6.45, 7) is 4.94. The fourth-order valence-electron chi connectivity index (χ4n) is 2.77. The van der Waals surface area contributed by atoms with Gasteiger partial charge in [0.25, 0.3) is 5.91 Å². The van der Waals surface area contributed by atoms with Gasteiger partial charge in [0, 0.05) is 25.2 Å². The molecule has 0 aliphatic carbocycles. The van der Waals surface area contributed by atoms with Crippen molar-refractivity contribution in [2.75, 3.05) is 41.4 Å². The summed E-state index contributed by atoms with van der Waals surface area (Å²) in [7, 11) is 6.94. The Morgan fingerprint density at radius 3 is 2.50 bits per heavy atom. The highest BCUT2D eigenvalue weighted by Gasteiger charge is 2.26. The number of carbonyl (C=O) groups is 2. The van der Waals surface area contributed by atoms with E-state index in [2.05, 4.69) is 15.8 Å². The third-order valence-corrected chi connectivity index (χ3v) is 4.51. The van der Waals surface area contributed by atoms with Gasteiger partial charge >= 0.3 is 0 Å². The van der Waals surface area contributed by atoms with Crippen LogP contribution in [0.4, 0.5) is 0 Å². The Balaban J connectivity index is 2.12. The van der Waals surface area contributed by atoms with Crippen molar-refractivity contribution in [2.45, 2.75) is 19.9 Å². The standard InChI is InChI=1S/C21H30N4O5/c1-13(2)19(21(27)22-9-10-25(3)4)23-20(26)16-12-18(30-24-16)15-8-7-14(28-5)11-17(15)29-6/h7-8,11-13,19H,9-10H2,1-6H3,(H,22,27)(H,23,26). The molecular formula is C21H30N4O5. The second-order valence-corrected chi connectivity index (χ2v) is 7.43. The molecule has 1 aromatic heterocycles. The van der Waals surface area contributed by atoms with E-state index in [-0.39, 0.29) is 17.5 Å². The molecule has 2 N–H and O–H groups in total. The van der Waals surface area contributed by atoms with Crippen LogP contribution in [0.5, 0.6) is 11.5 Å². The summed E-state index contributed by atoms with van der Waals surface area (Å²) in [5, 5.41) is 9.44. The Bertz CT molecular complexity index is 863. The maximum absolute atomic E-state index is 12.7. The molecule has 9 heteroatoms. The quantitative estimate of drug-likeness (QED) is 0.606. The van der Waals surface area contributed by atoms with E-state index in [4.69, 9.17) is 14.0 Å². The number of amides is 2. The summed E-state index contributed by atoms with van der Waals surface area (Å²) in [6, 6.07) is 6.06. The van der Waals surface area contributed by atoms with Crippen LogP contribution in [-0.2, 0) is 4.79 Å². The highest BCUT2D eigenvalue weighted by Crippen LogP contribution is 2.33. The highest BCUT2D eigenvalue weighted by atomic mass is 16.5. The van der Waals surface area contributed by atoms with Crippen LogP contribution in [0.25, 0.3) is 11.3 Å². The lowest BCUT2D eigenvalue weighted by Gasteiger charge is -2.21. The molecule has 2 aromatic rings. The number of hydrogen-bond donors (Lipinski definition) is 2. The lowest BCUT2D eigenvalue weighted by atomic mass is 10.0. The predicted octanol–water partition coefficient (Wildman–Crippen LogP) is 1.79. The number of hydrogen-bond acceptors (Lipinski definition) is 7. The van der Waals surface area contributed by atoms with Crippen molar-refractivity contribution in [1.82, 2.24) is 20.7 Å². The van der Waals surface area contributed by atoms with Gasteiger partial charge in [0.15, 0.2) is 11.5 Å². The number of ether oxygens (including phenoxy) is 2. The summed E-state index contributed by atoms with van der Waals surface area (Å²) >= 11 is 0. The van der Waals surface area contributed by atoms with Crippen LogP contribution in [0.3, 0.4) is 0 Å². The molecule has 0 saturated heterocycles. The number of carbonyl (C=O) groups excluding carboxylic acids is 2. The van der Waals surface area contributed by atoms with Crippen molar-refractivity contribution < 1.29 is 23.6 Å². The molecule has 0 radical (unpaired) electrons. The van der Waals surface area contributed by atoms with E-state index < -0.39 is 11.9 Å². The molecule has 1 unspecified atom stereocenters. The molecule has 0 aliphatic heterocycles. The minimum Gasteiger partial charge on any atom is -0.497 e. The first-order valence-electron chi connectivity index (χ1n) is 9.69. The first kappa shape index (κ1) is 23.2. The Hall–Kier alpha value is -3.07. The Morgan fingerprint density at radius 1 is 1.17 bits per heavy atom. The van der Waals surface area contributed by atoms with E-state index >= 15 is 0 Å². The van der Waals surface area contributed by atoms with Crippen LogP contribution >= 0.6 is 0 Å². The summed E-state index contributed by atoms with van der Waals surface area (Å²) in [5.41, 5.74) is 0.710. The number of nitrogens with zero attached hydrogens (tertiary/aromatic N) is 2. The summed E-state index contributed by atoms with van der Waals surface area (Å²) in [5.74, 6) is 0.711. The van der Waals surface area contributed by atoms with Gasteiger partial charge in [-0.15, -0.1) is 0 Å². The molecule has 2 rings (SSSR count). The van der Waals surface area contributed by atoms with Gasteiger partial charge in [-0.1, -0.05) is 19.0 Å². The summed E-state index contributed by atoms with van der Waals surface area (Å²) < 4.78 is 15.9. The van der Waals surface area contributed by atoms with E-state index in [1.807, 2.05) is 32.8 Å². The molecule has 9 nitrogen and oxygen atoms in total. The van der Waals surface area contributed by atoms with Crippen molar-refractivity contribution in [3.05, 3.63) is 30.0 Å². The first-order chi connectivity index (χ1) is 14.3.